The number of anilines is 1. The molecule has 1 aliphatic rings. The number of thiophene rings is 1. The van der Waals surface area contributed by atoms with E-state index in [1.165, 1.54) is 16.9 Å². The molecule has 0 aliphatic carbocycles. The van der Waals surface area contributed by atoms with E-state index in [0.717, 1.165) is 17.8 Å². The minimum atomic E-state index is 0.393. The first kappa shape index (κ1) is 18.4. The summed E-state index contributed by atoms with van der Waals surface area (Å²) in [5, 5.41) is 24.9. The third-order valence-electron chi connectivity index (χ3n) is 4.83. The van der Waals surface area contributed by atoms with Gasteiger partial charge in [-0.05, 0) is 23.4 Å². The highest BCUT2D eigenvalue weighted by Crippen LogP contribution is 2.36. The number of aromatic nitrogens is 1. The van der Waals surface area contributed by atoms with Crippen LogP contribution in [0, 0.1) is 27.3 Å². The van der Waals surface area contributed by atoms with Crippen LogP contribution < -0.4 is 5.32 Å². The van der Waals surface area contributed by atoms with Gasteiger partial charge in [-0.25, -0.2) is 0 Å². The van der Waals surface area contributed by atoms with Crippen molar-refractivity contribution >= 4 is 29.4 Å². The Labute approximate surface area is 172 Å². The van der Waals surface area contributed by atoms with Crippen LogP contribution in [0.25, 0.3) is 10.4 Å². The van der Waals surface area contributed by atoms with Crippen LogP contribution >= 0.6 is 23.6 Å². The number of pyridine rings is 1. The average molecular weight is 404 g/mol. The van der Waals surface area contributed by atoms with E-state index in [-0.39, 0.29) is 0 Å². The van der Waals surface area contributed by atoms with Crippen molar-refractivity contribution in [2.75, 3.05) is 18.5 Å². The molecule has 0 spiro atoms. The van der Waals surface area contributed by atoms with Crippen molar-refractivity contribution in [3.8, 4) is 22.6 Å². The summed E-state index contributed by atoms with van der Waals surface area (Å²) in [5.74, 6) is 0.700. The lowest BCUT2D eigenvalue weighted by atomic mass is 10.0. The fraction of sp³-hybridized carbons (Fsp3) is 0.190. The molecular formula is C21H17N5S2. The summed E-state index contributed by atoms with van der Waals surface area (Å²) < 4.78 is 2.34. The second-order valence-corrected chi connectivity index (χ2v) is 7.85. The van der Waals surface area contributed by atoms with Gasteiger partial charge in [-0.15, -0.1) is 11.3 Å². The number of hydrogen-bond acceptors (Lipinski definition) is 6. The Morgan fingerprint density at radius 1 is 1.07 bits per heavy atom. The summed E-state index contributed by atoms with van der Waals surface area (Å²) in [5.41, 5.74) is 2.79. The van der Waals surface area contributed by atoms with Crippen molar-refractivity contribution < 1.29 is 0 Å². The largest absolute Gasteiger partial charge is 0.357 e. The van der Waals surface area contributed by atoms with Gasteiger partial charge in [-0.1, -0.05) is 48.6 Å². The summed E-state index contributed by atoms with van der Waals surface area (Å²) in [6, 6.07) is 18.7. The third kappa shape index (κ3) is 3.32. The van der Waals surface area contributed by atoms with E-state index < -0.39 is 0 Å². The van der Waals surface area contributed by atoms with Gasteiger partial charge in [-0.2, -0.15) is 10.5 Å². The van der Waals surface area contributed by atoms with E-state index in [1.807, 2.05) is 40.3 Å². The maximum absolute atomic E-state index is 9.85. The van der Waals surface area contributed by atoms with Crippen LogP contribution in [0.4, 0.5) is 5.82 Å². The lowest BCUT2D eigenvalue weighted by Gasteiger charge is -2.33. The number of hydrogen-bond donors (Lipinski definition) is 1. The summed E-state index contributed by atoms with van der Waals surface area (Å²) in [7, 11) is 0. The van der Waals surface area contributed by atoms with Crippen molar-refractivity contribution in [2.45, 2.75) is 13.1 Å². The molecule has 4 rings (SSSR count). The fourth-order valence-corrected chi connectivity index (χ4v) is 4.52. The highest BCUT2D eigenvalue weighted by molar-refractivity contribution is 7.71. The van der Waals surface area contributed by atoms with Gasteiger partial charge < -0.3 is 9.88 Å². The van der Waals surface area contributed by atoms with Crippen LogP contribution in [-0.4, -0.2) is 22.7 Å². The van der Waals surface area contributed by atoms with Gasteiger partial charge in [0.25, 0.3) is 0 Å². The number of nitrogens with zero attached hydrogens (tertiary/aromatic N) is 4. The molecule has 0 atom stereocenters. The summed E-state index contributed by atoms with van der Waals surface area (Å²) >= 11 is 7.15. The summed E-state index contributed by atoms with van der Waals surface area (Å²) in [6.07, 6.45) is 0.925. The molecule has 3 heterocycles. The SMILES string of the molecule is N#Cc1c(-c2cccs2)c(C#N)c(=S)n2c1NCN(CCc1ccccc1)C2. The lowest BCUT2D eigenvalue weighted by molar-refractivity contribution is 0.219. The second kappa shape index (κ2) is 7.95. The number of nitriles is 2. The average Bonchev–Trinajstić information content (AvgIpc) is 3.27. The van der Waals surface area contributed by atoms with Gasteiger partial charge in [0.05, 0.1) is 18.9 Å². The van der Waals surface area contributed by atoms with Gasteiger partial charge in [-0.3, -0.25) is 4.90 Å². The Morgan fingerprint density at radius 3 is 2.54 bits per heavy atom. The number of nitrogens with one attached hydrogen (secondary N) is 1. The Balaban J connectivity index is 1.70. The van der Waals surface area contributed by atoms with Gasteiger partial charge >= 0.3 is 0 Å². The topological polar surface area (TPSA) is 67.8 Å². The fourth-order valence-electron chi connectivity index (χ4n) is 3.44. The molecule has 0 saturated carbocycles. The molecule has 0 saturated heterocycles. The van der Waals surface area contributed by atoms with Crippen molar-refractivity contribution in [1.29, 1.82) is 10.5 Å². The Hall–Kier alpha value is -2.97. The summed E-state index contributed by atoms with van der Waals surface area (Å²) in [6.45, 7) is 2.04. The number of fused-ring (bicyclic) bond motifs is 1. The first-order chi connectivity index (χ1) is 13.7. The van der Waals surface area contributed by atoms with E-state index in [9.17, 15) is 10.5 Å². The molecular weight excluding hydrogens is 386 g/mol. The van der Waals surface area contributed by atoms with Crippen LogP contribution in [-0.2, 0) is 13.1 Å². The van der Waals surface area contributed by atoms with E-state index in [1.54, 1.807) is 0 Å². The Morgan fingerprint density at radius 2 is 1.86 bits per heavy atom. The van der Waals surface area contributed by atoms with E-state index in [4.69, 9.17) is 12.2 Å². The predicted molar refractivity (Wildman–Crippen MR) is 113 cm³/mol. The smallest absolute Gasteiger partial charge is 0.128 e. The van der Waals surface area contributed by atoms with Gasteiger partial charge in [0.1, 0.15) is 28.2 Å². The van der Waals surface area contributed by atoms with Crippen LogP contribution in [0.5, 0.6) is 0 Å². The zero-order chi connectivity index (χ0) is 19.5. The number of rotatable bonds is 4. The molecule has 0 bridgehead atoms. The second-order valence-electron chi connectivity index (χ2n) is 6.51. The molecule has 1 aromatic carbocycles. The molecule has 2 aromatic heterocycles. The van der Waals surface area contributed by atoms with Crippen LogP contribution in [0.1, 0.15) is 16.7 Å². The first-order valence-corrected chi connectivity index (χ1v) is 10.2. The maximum atomic E-state index is 9.85. The molecule has 138 valence electrons. The molecule has 0 unspecified atom stereocenters. The highest BCUT2D eigenvalue weighted by atomic mass is 32.1. The third-order valence-corrected chi connectivity index (χ3v) is 6.14. The molecule has 7 heteroatoms. The molecule has 0 radical (unpaired) electrons. The maximum Gasteiger partial charge on any atom is 0.128 e. The van der Waals surface area contributed by atoms with E-state index in [2.05, 4.69) is 34.5 Å². The minimum absolute atomic E-state index is 0.393. The monoisotopic (exact) mass is 403 g/mol. The standard InChI is InChI=1S/C21H17N5S2/c22-11-16-19(18-7-4-10-28-18)17(12-23)21(27)26-14-25(13-24-20(16)26)9-8-15-5-2-1-3-6-15/h1-7,10,24H,8-9,13-14H2. The van der Waals surface area contributed by atoms with Gasteiger partial charge in [0, 0.05) is 17.0 Å². The van der Waals surface area contributed by atoms with Crippen molar-refractivity contribution in [2.24, 2.45) is 0 Å². The molecule has 5 nitrogen and oxygen atoms in total. The molecule has 0 amide bonds. The van der Waals surface area contributed by atoms with Crippen molar-refractivity contribution in [1.82, 2.24) is 9.47 Å². The molecule has 1 N–H and O–H groups in total. The first-order valence-electron chi connectivity index (χ1n) is 8.88. The normalized spacial score (nSPS) is 13.2. The Kier molecular flexibility index (Phi) is 5.23. The molecule has 0 fully saturated rings. The van der Waals surface area contributed by atoms with E-state index in [0.29, 0.717) is 40.5 Å². The van der Waals surface area contributed by atoms with Crippen molar-refractivity contribution in [3.05, 3.63) is 69.2 Å². The Bertz CT molecular complexity index is 1130. The van der Waals surface area contributed by atoms with Crippen LogP contribution in [0.15, 0.2) is 47.8 Å². The lowest BCUT2D eigenvalue weighted by Crippen LogP contribution is -2.39. The zero-order valence-electron chi connectivity index (χ0n) is 15.1. The number of benzene rings is 1. The van der Waals surface area contributed by atoms with Gasteiger partial charge in [0.15, 0.2) is 0 Å². The predicted octanol–water partition coefficient (Wildman–Crippen LogP) is 4.57. The minimum Gasteiger partial charge on any atom is -0.357 e. The van der Waals surface area contributed by atoms with E-state index >= 15 is 0 Å². The molecule has 3 aromatic rings. The molecule has 28 heavy (non-hydrogen) atoms. The molecule has 1 aliphatic heterocycles. The highest BCUT2D eigenvalue weighted by Gasteiger charge is 2.25. The van der Waals surface area contributed by atoms with Crippen LogP contribution in [0.2, 0.25) is 0 Å². The quantitative estimate of drug-likeness (QED) is 0.646. The van der Waals surface area contributed by atoms with Gasteiger partial charge in [0.2, 0.25) is 0 Å². The van der Waals surface area contributed by atoms with Crippen LogP contribution in [0.3, 0.4) is 0 Å². The zero-order valence-corrected chi connectivity index (χ0v) is 16.7. The summed E-state index contributed by atoms with van der Waals surface area (Å²) in [4.78, 5) is 3.11. The van der Waals surface area contributed by atoms with Crippen molar-refractivity contribution in [3.63, 3.8) is 0 Å².